The predicted octanol–water partition coefficient (Wildman–Crippen LogP) is 2.59. The third-order valence-electron chi connectivity index (χ3n) is 1.70. The zero-order valence-electron chi connectivity index (χ0n) is 9.95. The van der Waals surface area contributed by atoms with E-state index in [1.807, 2.05) is 32.9 Å². The van der Waals surface area contributed by atoms with E-state index in [0.29, 0.717) is 5.75 Å². The van der Waals surface area contributed by atoms with Crippen molar-refractivity contribution in [3.05, 3.63) is 36.8 Å². The summed E-state index contributed by atoms with van der Waals surface area (Å²) in [7, 11) is 0. The van der Waals surface area contributed by atoms with Crippen LogP contribution in [0.3, 0.4) is 0 Å². The third kappa shape index (κ3) is 4.82. The minimum atomic E-state index is -0.475. The molecule has 0 fully saturated rings. The van der Waals surface area contributed by atoms with Gasteiger partial charge in [-0.2, -0.15) is 0 Å². The van der Waals surface area contributed by atoms with Gasteiger partial charge in [-0.1, -0.05) is 12.1 Å². The first kappa shape index (κ1) is 12.6. The molecule has 0 N–H and O–H groups in total. The molecule has 16 heavy (non-hydrogen) atoms. The average Bonchev–Trinajstić information content (AvgIpc) is 2.14. The molecular formula is C13H17O3. The summed E-state index contributed by atoms with van der Waals surface area (Å²) in [5.41, 5.74) is 0.432. The van der Waals surface area contributed by atoms with Crippen molar-refractivity contribution in [2.24, 2.45) is 0 Å². The third-order valence-corrected chi connectivity index (χ3v) is 1.70. The second kappa shape index (κ2) is 5.01. The number of hydrogen-bond acceptors (Lipinski definition) is 3. The van der Waals surface area contributed by atoms with Gasteiger partial charge in [-0.3, -0.25) is 0 Å². The number of benzene rings is 1. The maximum atomic E-state index is 11.3. The van der Waals surface area contributed by atoms with Gasteiger partial charge in [-0.05, 0) is 45.4 Å². The number of hydrogen-bond donors (Lipinski definition) is 0. The monoisotopic (exact) mass is 221 g/mol. The van der Waals surface area contributed by atoms with Gasteiger partial charge in [0.25, 0.3) is 0 Å². The molecule has 0 aliphatic carbocycles. The molecule has 1 aromatic carbocycles. The van der Waals surface area contributed by atoms with Crippen LogP contribution in [0.1, 0.15) is 26.3 Å². The van der Waals surface area contributed by atoms with Crippen LogP contribution in [-0.2, 0) is 9.53 Å². The molecule has 0 saturated carbocycles. The first-order chi connectivity index (χ1) is 7.37. The summed E-state index contributed by atoms with van der Waals surface area (Å²) >= 11 is 0. The van der Waals surface area contributed by atoms with Gasteiger partial charge < -0.3 is 9.47 Å². The highest BCUT2D eigenvalue weighted by molar-refractivity contribution is 5.71. The summed E-state index contributed by atoms with van der Waals surface area (Å²) in [4.78, 5) is 11.3. The fourth-order valence-corrected chi connectivity index (χ4v) is 1.10. The SMILES string of the molecule is [CH2]c1ccc(OCC(=O)OC(C)(C)C)cc1. The number of esters is 1. The molecule has 1 radical (unpaired) electrons. The highest BCUT2D eigenvalue weighted by Crippen LogP contribution is 2.12. The zero-order chi connectivity index (χ0) is 12.2. The first-order valence-corrected chi connectivity index (χ1v) is 5.13. The Bertz CT molecular complexity index is 346. The van der Waals surface area contributed by atoms with E-state index in [-0.39, 0.29) is 12.6 Å². The normalized spacial score (nSPS) is 11.0. The van der Waals surface area contributed by atoms with Crippen molar-refractivity contribution in [2.45, 2.75) is 26.4 Å². The standard InChI is InChI=1S/C13H17O3/c1-10-5-7-11(8-6-10)15-9-12(14)16-13(2,3)4/h5-8H,1,9H2,2-4H3. The molecule has 0 atom stereocenters. The Morgan fingerprint density at radius 1 is 1.25 bits per heavy atom. The van der Waals surface area contributed by atoms with Crippen molar-refractivity contribution in [3.63, 3.8) is 0 Å². The summed E-state index contributed by atoms with van der Waals surface area (Å²) in [6.45, 7) is 9.15. The fraction of sp³-hybridized carbons (Fsp3) is 0.385. The van der Waals surface area contributed by atoms with E-state index in [1.54, 1.807) is 12.1 Å². The van der Waals surface area contributed by atoms with Crippen molar-refractivity contribution >= 4 is 5.97 Å². The average molecular weight is 221 g/mol. The zero-order valence-corrected chi connectivity index (χ0v) is 9.95. The topological polar surface area (TPSA) is 35.5 Å². The Morgan fingerprint density at radius 3 is 2.31 bits per heavy atom. The molecule has 0 heterocycles. The molecule has 1 rings (SSSR count). The summed E-state index contributed by atoms with van der Waals surface area (Å²) in [5.74, 6) is 0.268. The second-order valence-corrected chi connectivity index (χ2v) is 4.52. The Balaban J connectivity index is 2.40. The highest BCUT2D eigenvalue weighted by atomic mass is 16.6. The van der Waals surface area contributed by atoms with E-state index < -0.39 is 5.60 Å². The molecule has 0 aliphatic rings. The van der Waals surface area contributed by atoms with Gasteiger partial charge >= 0.3 is 5.97 Å². The molecule has 87 valence electrons. The van der Waals surface area contributed by atoms with Crippen molar-refractivity contribution in [2.75, 3.05) is 6.61 Å². The van der Waals surface area contributed by atoms with Gasteiger partial charge in [0.2, 0.25) is 0 Å². The van der Waals surface area contributed by atoms with E-state index in [2.05, 4.69) is 6.92 Å². The molecule has 3 nitrogen and oxygen atoms in total. The number of carbonyl (C=O) groups excluding carboxylic acids is 1. The van der Waals surface area contributed by atoms with Gasteiger partial charge in [-0.25, -0.2) is 4.79 Å². The van der Waals surface area contributed by atoms with Crippen LogP contribution in [0, 0.1) is 6.92 Å². The minimum Gasteiger partial charge on any atom is -0.482 e. The molecule has 0 unspecified atom stereocenters. The smallest absolute Gasteiger partial charge is 0.344 e. The molecule has 0 spiro atoms. The van der Waals surface area contributed by atoms with Crippen molar-refractivity contribution in [1.29, 1.82) is 0 Å². The lowest BCUT2D eigenvalue weighted by Gasteiger charge is -2.19. The lowest BCUT2D eigenvalue weighted by molar-refractivity contribution is -0.157. The van der Waals surface area contributed by atoms with E-state index in [4.69, 9.17) is 9.47 Å². The highest BCUT2D eigenvalue weighted by Gasteiger charge is 2.16. The Hall–Kier alpha value is -1.51. The van der Waals surface area contributed by atoms with E-state index in [1.165, 1.54) is 0 Å². The summed E-state index contributed by atoms with van der Waals surface area (Å²) in [5, 5.41) is 0. The maximum Gasteiger partial charge on any atom is 0.344 e. The Labute approximate surface area is 96.4 Å². The van der Waals surface area contributed by atoms with Crippen LogP contribution in [0.25, 0.3) is 0 Å². The summed E-state index contributed by atoms with van der Waals surface area (Å²) < 4.78 is 10.4. The molecule has 1 aromatic rings. The molecular weight excluding hydrogens is 204 g/mol. The van der Waals surface area contributed by atoms with Crippen molar-refractivity contribution in [3.8, 4) is 5.75 Å². The number of carbonyl (C=O) groups is 1. The van der Waals surface area contributed by atoms with Crippen molar-refractivity contribution < 1.29 is 14.3 Å². The fourth-order valence-electron chi connectivity index (χ4n) is 1.10. The molecule has 0 saturated heterocycles. The first-order valence-electron chi connectivity index (χ1n) is 5.13. The lowest BCUT2D eigenvalue weighted by atomic mass is 10.2. The van der Waals surface area contributed by atoms with Crippen LogP contribution >= 0.6 is 0 Å². The van der Waals surface area contributed by atoms with Crippen LogP contribution in [0.4, 0.5) is 0 Å². The van der Waals surface area contributed by atoms with Gasteiger partial charge in [-0.15, -0.1) is 0 Å². The van der Waals surface area contributed by atoms with Crippen LogP contribution in [0.5, 0.6) is 5.75 Å². The van der Waals surface area contributed by atoms with Gasteiger partial charge in [0.05, 0.1) is 0 Å². The van der Waals surface area contributed by atoms with Crippen LogP contribution in [0.15, 0.2) is 24.3 Å². The van der Waals surface area contributed by atoms with Crippen LogP contribution < -0.4 is 4.74 Å². The maximum absolute atomic E-state index is 11.3. The minimum absolute atomic E-state index is 0.0756. The Morgan fingerprint density at radius 2 is 1.81 bits per heavy atom. The largest absolute Gasteiger partial charge is 0.482 e. The summed E-state index contributed by atoms with van der Waals surface area (Å²) in [6, 6.07) is 7.19. The molecule has 0 amide bonds. The molecule has 3 heteroatoms. The van der Waals surface area contributed by atoms with Gasteiger partial charge in [0, 0.05) is 0 Å². The van der Waals surface area contributed by atoms with E-state index in [9.17, 15) is 4.79 Å². The molecule has 0 aromatic heterocycles. The lowest BCUT2D eigenvalue weighted by Crippen LogP contribution is -2.27. The van der Waals surface area contributed by atoms with Gasteiger partial charge in [0.15, 0.2) is 6.61 Å². The number of ether oxygens (including phenoxy) is 2. The molecule has 0 aliphatic heterocycles. The van der Waals surface area contributed by atoms with E-state index in [0.717, 1.165) is 5.56 Å². The predicted molar refractivity (Wildman–Crippen MR) is 62.2 cm³/mol. The van der Waals surface area contributed by atoms with Crippen LogP contribution in [-0.4, -0.2) is 18.2 Å². The second-order valence-electron chi connectivity index (χ2n) is 4.52. The van der Waals surface area contributed by atoms with Crippen molar-refractivity contribution in [1.82, 2.24) is 0 Å². The van der Waals surface area contributed by atoms with E-state index >= 15 is 0 Å². The Kier molecular flexibility index (Phi) is 3.93. The quantitative estimate of drug-likeness (QED) is 0.736. The molecule has 0 bridgehead atoms. The van der Waals surface area contributed by atoms with Crippen LogP contribution in [0.2, 0.25) is 0 Å². The summed E-state index contributed by atoms with van der Waals surface area (Å²) in [6.07, 6.45) is 0. The number of rotatable bonds is 3. The van der Waals surface area contributed by atoms with Gasteiger partial charge in [0.1, 0.15) is 11.4 Å².